The zero-order valence-corrected chi connectivity index (χ0v) is 12.6. The van der Waals surface area contributed by atoms with E-state index in [0.29, 0.717) is 11.8 Å². The van der Waals surface area contributed by atoms with E-state index in [-0.39, 0.29) is 5.78 Å². The molecule has 1 saturated carbocycles. The van der Waals surface area contributed by atoms with E-state index in [4.69, 9.17) is 0 Å². The van der Waals surface area contributed by atoms with Crippen LogP contribution in [0.1, 0.15) is 40.6 Å². The lowest BCUT2D eigenvalue weighted by Crippen LogP contribution is -2.06. The van der Waals surface area contributed by atoms with Gasteiger partial charge in [0.05, 0.1) is 11.8 Å². The van der Waals surface area contributed by atoms with Crippen LogP contribution >= 0.6 is 11.8 Å². The lowest BCUT2D eigenvalue weighted by atomic mass is 10.2. The molecule has 6 nitrogen and oxygen atoms in total. The van der Waals surface area contributed by atoms with Crippen molar-refractivity contribution < 1.29 is 4.79 Å². The fourth-order valence-electron chi connectivity index (χ4n) is 2.17. The summed E-state index contributed by atoms with van der Waals surface area (Å²) < 4.78 is 3.87. The molecule has 2 aromatic heterocycles. The van der Waals surface area contributed by atoms with E-state index in [0.717, 1.165) is 34.9 Å². The normalized spacial score (nSPS) is 14.8. The number of hydrogen-bond donors (Lipinski definition) is 0. The number of ketones is 1. The van der Waals surface area contributed by atoms with Crippen LogP contribution in [0.15, 0.2) is 11.2 Å². The van der Waals surface area contributed by atoms with Crippen LogP contribution in [0.5, 0.6) is 0 Å². The second-order valence-electron chi connectivity index (χ2n) is 5.19. The quantitative estimate of drug-likeness (QED) is 0.622. The van der Waals surface area contributed by atoms with Gasteiger partial charge in [-0.15, -0.1) is 5.10 Å². The Hall–Kier alpha value is -1.63. The van der Waals surface area contributed by atoms with Crippen molar-refractivity contribution in [2.75, 3.05) is 5.75 Å². The van der Waals surface area contributed by atoms with E-state index in [1.807, 2.05) is 36.2 Å². The average molecular weight is 291 g/mol. The molecule has 106 valence electrons. The fourth-order valence-corrected chi connectivity index (χ4v) is 3.00. The van der Waals surface area contributed by atoms with Crippen molar-refractivity contribution in [3.8, 4) is 0 Å². The highest BCUT2D eigenvalue weighted by Gasteiger charge is 2.28. The number of nitrogens with zero attached hydrogens (tertiary/aromatic N) is 5. The first-order valence-electron chi connectivity index (χ1n) is 6.64. The summed E-state index contributed by atoms with van der Waals surface area (Å²) in [4.78, 5) is 12.3. The van der Waals surface area contributed by atoms with Crippen LogP contribution in [0.4, 0.5) is 0 Å². The van der Waals surface area contributed by atoms with Crippen molar-refractivity contribution in [3.05, 3.63) is 23.0 Å². The maximum atomic E-state index is 12.3. The Balaban J connectivity index is 1.70. The highest BCUT2D eigenvalue weighted by atomic mass is 32.2. The number of thioether (sulfide) groups is 1. The number of Topliss-reactive ketones (excluding diaryl/α,β-unsaturated/α-hetero) is 1. The number of carbonyl (C=O) groups is 1. The Kier molecular flexibility index (Phi) is 3.37. The number of rotatable bonds is 5. The van der Waals surface area contributed by atoms with Gasteiger partial charge in [-0.05, 0) is 43.2 Å². The molecule has 0 spiro atoms. The van der Waals surface area contributed by atoms with Gasteiger partial charge in [-0.3, -0.25) is 4.79 Å². The minimum absolute atomic E-state index is 0.126. The summed E-state index contributed by atoms with van der Waals surface area (Å²) in [6.45, 7) is 3.98. The SMILES string of the molecule is Cc1cc(C(=O)CSc2nnnn2C2CC2)c(C)n1C. The van der Waals surface area contributed by atoms with E-state index < -0.39 is 0 Å². The van der Waals surface area contributed by atoms with Gasteiger partial charge in [0.1, 0.15) is 0 Å². The Morgan fingerprint density at radius 1 is 1.45 bits per heavy atom. The van der Waals surface area contributed by atoms with Crippen molar-refractivity contribution in [1.82, 2.24) is 24.8 Å². The second-order valence-corrected chi connectivity index (χ2v) is 6.14. The van der Waals surface area contributed by atoms with Crippen LogP contribution in [0.2, 0.25) is 0 Å². The molecule has 0 aliphatic heterocycles. The zero-order valence-electron chi connectivity index (χ0n) is 11.8. The van der Waals surface area contributed by atoms with Gasteiger partial charge in [0, 0.05) is 24.0 Å². The Labute approximate surface area is 121 Å². The van der Waals surface area contributed by atoms with Gasteiger partial charge >= 0.3 is 0 Å². The Morgan fingerprint density at radius 3 is 2.80 bits per heavy atom. The average Bonchev–Trinajstić information content (AvgIpc) is 3.12. The van der Waals surface area contributed by atoms with Crippen LogP contribution in [-0.2, 0) is 7.05 Å². The Morgan fingerprint density at radius 2 is 2.20 bits per heavy atom. The Bertz CT molecular complexity index is 656. The molecule has 1 fully saturated rings. The minimum Gasteiger partial charge on any atom is -0.351 e. The fraction of sp³-hybridized carbons (Fsp3) is 0.538. The van der Waals surface area contributed by atoms with Crippen LogP contribution in [0.25, 0.3) is 0 Å². The summed E-state index contributed by atoms with van der Waals surface area (Å²) in [5.74, 6) is 0.499. The van der Waals surface area contributed by atoms with E-state index in [1.54, 1.807) is 0 Å². The third kappa shape index (κ3) is 2.37. The summed E-state index contributed by atoms with van der Waals surface area (Å²) in [5.41, 5.74) is 2.90. The van der Waals surface area contributed by atoms with Gasteiger partial charge in [-0.25, -0.2) is 4.68 Å². The van der Waals surface area contributed by atoms with Crippen LogP contribution in [0.3, 0.4) is 0 Å². The molecule has 7 heteroatoms. The maximum Gasteiger partial charge on any atom is 0.210 e. The highest BCUT2D eigenvalue weighted by Crippen LogP contribution is 2.36. The van der Waals surface area contributed by atoms with E-state index in [1.165, 1.54) is 11.8 Å². The molecule has 2 heterocycles. The van der Waals surface area contributed by atoms with Crippen molar-refractivity contribution in [3.63, 3.8) is 0 Å². The molecule has 0 unspecified atom stereocenters. The zero-order chi connectivity index (χ0) is 14.3. The highest BCUT2D eigenvalue weighted by molar-refractivity contribution is 7.99. The van der Waals surface area contributed by atoms with Crippen molar-refractivity contribution in [1.29, 1.82) is 0 Å². The topological polar surface area (TPSA) is 65.6 Å². The first-order chi connectivity index (χ1) is 9.58. The van der Waals surface area contributed by atoms with Gasteiger partial charge in [-0.1, -0.05) is 11.8 Å². The van der Waals surface area contributed by atoms with Crippen LogP contribution in [-0.4, -0.2) is 36.3 Å². The first-order valence-corrected chi connectivity index (χ1v) is 7.63. The van der Waals surface area contributed by atoms with Gasteiger partial charge in [0.15, 0.2) is 5.78 Å². The van der Waals surface area contributed by atoms with Crippen LogP contribution in [0, 0.1) is 13.8 Å². The predicted molar refractivity (Wildman–Crippen MR) is 76.0 cm³/mol. The van der Waals surface area contributed by atoms with Gasteiger partial charge in [-0.2, -0.15) is 0 Å². The number of hydrogen-bond acceptors (Lipinski definition) is 5. The number of carbonyl (C=O) groups excluding carboxylic acids is 1. The molecule has 20 heavy (non-hydrogen) atoms. The molecule has 0 N–H and O–H groups in total. The summed E-state index contributed by atoms with van der Waals surface area (Å²) in [6, 6.07) is 2.38. The number of aryl methyl sites for hydroxylation is 1. The lowest BCUT2D eigenvalue weighted by molar-refractivity contribution is 0.102. The number of aromatic nitrogens is 5. The molecule has 0 bridgehead atoms. The molecular formula is C13H17N5OS. The molecule has 1 aliphatic rings. The van der Waals surface area contributed by atoms with E-state index in [2.05, 4.69) is 15.5 Å². The molecule has 0 aromatic carbocycles. The van der Waals surface area contributed by atoms with Crippen molar-refractivity contribution >= 4 is 17.5 Å². The summed E-state index contributed by atoms with van der Waals surface area (Å²) in [5, 5.41) is 12.4. The lowest BCUT2D eigenvalue weighted by Gasteiger charge is -2.03. The van der Waals surface area contributed by atoms with Crippen molar-refractivity contribution in [2.24, 2.45) is 7.05 Å². The van der Waals surface area contributed by atoms with Gasteiger partial charge in [0.2, 0.25) is 5.16 Å². The standard InChI is InChI=1S/C13H17N5OS/c1-8-6-11(9(2)17(8)3)12(19)7-20-13-14-15-16-18(13)10-4-5-10/h6,10H,4-5,7H2,1-3H3. The predicted octanol–water partition coefficient (Wildman–Crippen LogP) is 1.94. The van der Waals surface area contributed by atoms with Crippen molar-refractivity contribution in [2.45, 2.75) is 37.9 Å². The molecule has 0 radical (unpaired) electrons. The molecular weight excluding hydrogens is 274 g/mol. The third-order valence-electron chi connectivity index (χ3n) is 3.76. The van der Waals surface area contributed by atoms with Gasteiger partial charge < -0.3 is 4.57 Å². The molecule has 0 saturated heterocycles. The largest absolute Gasteiger partial charge is 0.351 e. The van der Waals surface area contributed by atoms with Crippen LogP contribution < -0.4 is 0 Å². The second kappa shape index (κ2) is 5.05. The maximum absolute atomic E-state index is 12.3. The minimum atomic E-state index is 0.126. The summed E-state index contributed by atoms with van der Waals surface area (Å²) in [6.07, 6.45) is 2.26. The van der Waals surface area contributed by atoms with E-state index in [9.17, 15) is 4.79 Å². The molecule has 1 aliphatic carbocycles. The summed E-state index contributed by atoms with van der Waals surface area (Å²) in [7, 11) is 1.97. The van der Waals surface area contributed by atoms with Gasteiger partial charge in [0.25, 0.3) is 0 Å². The molecule has 2 aromatic rings. The monoisotopic (exact) mass is 291 g/mol. The third-order valence-corrected chi connectivity index (χ3v) is 4.70. The molecule has 3 rings (SSSR count). The smallest absolute Gasteiger partial charge is 0.210 e. The first kappa shape index (κ1) is 13.4. The molecule has 0 atom stereocenters. The van der Waals surface area contributed by atoms with E-state index >= 15 is 0 Å². The number of tetrazole rings is 1. The summed E-state index contributed by atoms with van der Waals surface area (Å²) >= 11 is 1.42. The molecule has 0 amide bonds.